The van der Waals surface area contributed by atoms with E-state index in [4.69, 9.17) is 9.25 Å². The summed E-state index contributed by atoms with van der Waals surface area (Å²) in [6, 6.07) is 12.5. The van der Waals surface area contributed by atoms with Crippen molar-refractivity contribution in [2.24, 2.45) is 5.16 Å². The zero-order chi connectivity index (χ0) is 27.1. The average Bonchev–Trinajstić information content (AvgIpc) is 3.43. The Labute approximate surface area is 220 Å². The summed E-state index contributed by atoms with van der Waals surface area (Å²) in [5, 5.41) is 21.6. The van der Waals surface area contributed by atoms with Crippen molar-refractivity contribution in [1.82, 2.24) is 10.6 Å². The van der Waals surface area contributed by atoms with Gasteiger partial charge in [0.25, 0.3) is 0 Å². The van der Waals surface area contributed by atoms with Gasteiger partial charge >= 0.3 is 0 Å². The number of oxime groups is 1. The predicted octanol–water partition coefficient (Wildman–Crippen LogP) is 4.69. The van der Waals surface area contributed by atoms with E-state index in [0.717, 1.165) is 41.3 Å². The molecule has 1 aromatic heterocycles. The van der Waals surface area contributed by atoms with E-state index in [1.54, 1.807) is 12.5 Å². The molecule has 0 saturated heterocycles. The summed E-state index contributed by atoms with van der Waals surface area (Å²) < 4.78 is 32.8. The minimum atomic E-state index is -1.02. The van der Waals surface area contributed by atoms with Gasteiger partial charge in [-0.05, 0) is 73.1 Å². The molecular formula is C29H33F2N3O4. The molecule has 3 N–H and O–H groups in total. The van der Waals surface area contributed by atoms with E-state index >= 15 is 0 Å². The second-order valence-corrected chi connectivity index (χ2v) is 9.75. The summed E-state index contributed by atoms with van der Waals surface area (Å²) in [4.78, 5) is 16.9. The Morgan fingerprint density at radius 2 is 1.87 bits per heavy atom. The smallest absolute Gasteiger partial charge is 0.217 e. The Balaban J connectivity index is 1.57. The third kappa shape index (κ3) is 6.85. The Morgan fingerprint density at radius 3 is 2.50 bits per heavy atom. The normalized spacial score (nSPS) is 19.0. The van der Waals surface area contributed by atoms with Gasteiger partial charge in [0.1, 0.15) is 18.7 Å². The van der Waals surface area contributed by atoms with E-state index in [1.807, 2.05) is 18.2 Å². The predicted molar refractivity (Wildman–Crippen MR) is 140 cm³/mol. The molecule has 3 aromatic rings. The van der Waals surface area contributed by atoms with Crippen LogP contribution in [0.4, 0.5) is 8.78 Å². The highest BCUT2D eigenvalue weighted by molar-refractivity contribution is 5.85. The average molecular weight is 526 g/mol. The van der Waals surface area contributed by atoms with Gasteiger partial charge in [0, 0.05) is 30.6 Å². The maximum Gasteiger partial charge on any atom is 0.217 e. The zero-order valence-corrected chi connectivity index (χ0v) is 21.5. The first-order chi connectivity index (χ1) is 18.3. The van der Waals surface area contributed by atoms with Gasteiger partial charge in [0.2, 0.25) is 5.91 Å². The van der Waals surface area contributed by atoms with Crippen LogP contribution in [0.2, 0.25) is 0 Å². The Morgan fingerprint density at radius 1 is 1.13 bits per heavy atom. The van der Waals surface area contributed by atoms with Gasteiger partial charge in [0.05, 0.1) is 30.4 Å². The molecule has 7 nitrogen and oxygen atoms in total. The van der Waals surface area contributed by atoms with Crippen molar-refractivity contribution in [3.05, 3.63) is 83.8 Å². The summed E-state index contributed by atoms with van der Waals surface area (Å²) in [7, 11) is 1.53. The number of aliphatic hydroxyl groups excluding tert-OH is 1. The highest BCUT2D eigenvalue weighted by Crippen LogP contribution is 2.38. The van der Waals surface area contributed by atoms with Crippen LogP contribution in [0.5, 0.6) is 0 Å². The third-order valence-corrected chi connectivity index (χ3v) is 7.05. The van der Waals surface area contributed by atoms with Crippen molar-refractivity contribution in [3.63, 3.8) is 0 Å². The van der Waals surface area contributed by atoms with Gasteiger partial charge in [-0.2, -0.15) is 0 Å². The highest BCUT2D eigenvalue weighted by atomic mass is 19.1. The van der Waals surface area contributed by atoms with Gasteiger partial charge in [-0.25, -0.2) is 8.78 Å². The summed E-state index contributed by atoms with van der Waals surface area (Å²) in [5.74, 6) is -1.76. The first kappa shape index (κ1) is 27.5. The zero-order valence-electron chi connectivity index (χ0n) is 21.5. The number of nitrogens with one attached hydrogen (secondary N) is 2. The van der Waals surface area contributed by atoms with Crippen molar-refractivity contribution in [1.29, 1.82) is 0 Å². The van der Waals surface area contributed by atoms with Crippen molar-refractivity contribution >= 4 is 11.6 Å². The number of rotatable bonds is 10. The molecule has 0 radical (unpaired) electrons. The fourth-order valence-electron chi connectivity index (χ4n) is 5.15. The lowest BCUT2D eigenvalue weighted by Gasteiger charge is -2.40. The molecule has 2 unspecified atom stereocenters. The summed E-state index contributed by atoms with van der Waals surface area (Å²) in [6.07, 6.45) is 5.24. The van der Waals surface area contributed by atoms with Crippen LogP contribution in [0, 0.1) is 11.6 Å². The second kappa shape index (κ2) is 12.3. The fourth-order valence-corrected chi connectivity index (χ4v) is 5.15. The summed E-state index contributed by atoms with van der Waals surface area (Å²) >= 11 is 0. The van der Waals surface area contributed by atoms with Gasteiger partial charge in [-0.15, -0.1) is 0 Å². The molecule has 2 aromatic carbocycles. The SMILES string of the molecule is CON=C1CCC(NCC(O)C(Cc2cc(F)cc(F)c2)NC(C)=O)(c2cccc(-c3ccoc3)c2)CC1. The lowest BCUT2D eigenvalue weighted by Crippen LogP contribution is -2.53. The third-order valence-electron chi connectivity index (χ3n) is 7.05. The van der Waals surface area contributed by atoms with Crippen LogP contribution in [-0.2, 0) is 21.6 Å². The number of furan rings is 1. The van der Waals surface area contributed by atoms with Crippen LogP contribution in [-0.4, -0.2) is 42.5 Å². The van der Waals surface area contributed by atoms with Gasteiger partial charge in [0.15, 0.2) is 0 Å². The number of carbonyl (C=O) groups excluding carboxylic acids is 1. The molecule has 4 rings (SSSR count). The molecule has 202 valence electrons. The summed E-state index contributed by atoms with van der Waals surface area (Å²) in [5.41, 5.74) is 3.88. The molecule has 0 aliphatic heterocycles. The maximum atomic E-state index is 13.8. The van der Waals surface area contributed by atoms with Crippen molar-refractivity contribution in [2.75, 3.05) is 13.7 Å². The topological polar surface area (TPSA) is 96.1 Å². The van der Waals surface area contributed by atoms with Crippen molar-refractivity contribution in [2.45, 2.75) is 56.7 Å². The Kier molecular flexibility index (Phi) is 8.91. The van der Waals surface area contributed by atoms with E-state index in [9.17, 15) is 18.7 Å². The molecular weight excluding hydrogens is 492 g/mol. The van der Waals surface area contributed by atoms with Gasteiger partial charge in [-0.3, -0.25) is 4.79 Å². The van der Waals surface area contributed by atoms with Crippen LogP contribution < -0.4 is 10.6 Å². The number of carbonyl (C=O) groups is 1. The van der Waals surface area contributed by atoms with E-state index < -0.39 is 29.3 Å². The number of benzene rings is 2. The van der Waals surface area contributed by atoms with Crippen LogP contribution >= 0.6 is 0 Å². The van der Waals surface area contributed by atoms with E-state index in [0.29, 0.717) is 18.4 Å². The number of halogens is 2. The molecule has 0 spiro atoms. The lowest BCUT2D eigenvalue weighted by molar-refractivity contribution is -0.120. The van der Waals surface area contributed by atoms with Crippen LogP contribution in [0.15, 0.2) is 70.6 Å². The number of aliphatic hydroxyl groups is 1. The Hall–Kier alpha value is -3.56. The monoisotopic (exact) mass is 525 g/mol. The van der Waals surface area contributed by atoms with Crippen LogP contribution in [0.25, 0.3) is 11.1 Å². The lowest BCUT2D eigenvalue weighted by atomic mass is 9.75. The molecule has 1 heterocycles. The maximum absolute atomic E-state index is 13.8. The van der Waals surface area contributed by atoms with Crippen LogP contribution in [0.3, 0.4) is 0 Å². The minimum absolute atomic E-state index is 0.0741. The summed E-state index contributed by atoms with van der Waals surface area (Å²) in [6.45, 7) is 1.50. The van der Waals surface area contributed by atoms with Crippen LogP contribution in [0.1, 0.15) is 43.7 Å². The number of amides is 1. The van der Waals surface area contributed by atoms with Crippen molar-refractivity contribution in [3.8, 4) is 11.1 Å². The van der Waals surface area contributed by atoms with E-state index in [1.165, 1.54) is 26.2 Å². The molecule has 2 atom stereocenters. The number of nitrogens with zero attached hydrogens (tertiary/aromatic N) is 1. The van der Waals surface area contributed by atoms with E-state index in [-0.39, 0.29) is 18.9 Å². The first-order valence-electron chi connectivity index (χ1n) is 12.7. The molecule has 1 saturated carbocycles. The largest absolute Gasteiger partial charge is 0.472 e. The van der Waals surface area contributed by atoms with Gasteiger partial charge in [-0.1, -0.05) is 23.4 Å². The minimum Gasteiger partial charge on any atom is -0.472 e. The Bertz CT molecular complexity index is 1230. The first-order valence-corrected chi connectivity index (χ1v) is 12.7. The second-order valence-electron chi connectivity index (χ2n) is 9.75. The standard InChI is InChI=1S/C29H33F2N3O4/c1-19(35)33-27(14-20-12-24(30)16-25(31)13-20)28(36)17-32-29(9-6-26(7-10-29)34-37-2)23-5-3-4-21(15-23)22-8-11-38-18-22/h3-5,8,11-13,15-16,18,27-28,32,36H,6-7,9-10,14,17H2,1-2H3,(H,33,35). The number of hydrogen-bond acceptors (Lipinski definition) is 6. The molecule has 1 fully saturated rings. The quantitative estimate of drug-likeness (QED) is 0.334. The number of hydrogen-bond donors (Lipinski definition) is 3. The van der Waals surface area contributed by atoms with Gasteiger partial charge < -0.3 is 25.0 Å². The molecule has 38 heavy (non-hydrogen) atoms. The molecule has 0 bridgehead atoms. The molecule has 1 amide bonds. The fraction of sp³-hybridized carbons (Fsp3) is 0.379. The van der Waals surface area contributed by atoms with E-state index in [2.05, 4.69) is 27.9 Å². The molecule has 9 heteroatoms. The molecule has 1 aliphatic carbocycles. The molecule has 1 aliphatic rings. The highest BCUT2D eigenvalue weighted by Gasteiger charge is 2.37. The van der Waals surface area contributed by atoms with Crippen molar-refractivity contribution < 1.29 is 27.9 Å².